The van der Waals surface area contributed by atoms with Gasteiger partial charge in [0.2, 0.25) is 14.3 Å². The summed E-state index contributed by atoms with van der Waals surface area (Å²) in [5.41, 5.74) is 2.50. The zero-order valence-electron chi connectivity index (χ0n) is 26.9. The Morgan fingerprint density at radius 1 is 1.04 bits per heavy atom. The van der Waals surface area contributed by atoms with E-state index in [0.29, 0.717) is 48.6 Å². The molecular formula is C36H40FN5O4Si. The van der Waals surface area contributed by atoms with Crippen molar-refractivity contribution in [3.05, 3.63) is 102 Å². The van der Waals surface area contributed by atoms with Crippen molar-refractivity contribution in [3.63, 3.8) is 0 Å². The molecule has 47 heavy (non-hydrogen) atoms. The van der Waals surface area contributed by atoms with E-state index in [4.69, 9.17) is 4.74 Å². The van der Waals surface area contributed by atoms with Gasteiger partial charge in [-0.3, -0.25) is 19.2 Å². The summed E-state index contributed by atoms with van der Waals surface area (Å²) < 4.78 is 25.1. The van der Waals surface area contributed by atoms with E-state index < -0.39 is 31.6 Å². The van der Waals surface area contributed by atoms with E-state index in [1.807, 2.05) is 92.0 Å². The molecule has 1 aromatic heterocycles. The highest BCUT2D eigenvalue weighted by Gasteiger charge is 2.67. The van der Waals surface area contributed by atoms with E-state index in [2.05, 4.69) is 10.3 Å². The number of ether oxygens (including phenoxy) is 1. The molecule has 0 saturated carbocycles. The predicted octanol–water partition coefficient (Wildman–Crippen LogP) is 6.07. The highest BCUT2D eigenvalue weighted by atomic mass is 28.4. The number of hydrogen-bond donors (Lipinski definition) is 1. The summed E-state index contributed by atoms with van der Waals surface area (Å²) in [4.78, 5) is 31.0. The van der Waals surface area contributed by atoms with Gasteiger partial charge in [-0.05, 0) is 61.8 Å². The fraction of sp³-hybridized carbons (Fsp3) is 0.389. The molecule has 1 unspecified atom stereocenters. The Balaban J connectivity index is 1.24. The molecule has 0 radical (unpaired) electrons. The average molecular weight is 654 g/mol. The molecule has 0 bridgehead atoms. The number of hydrogen-bond acceptors (Lipinski definition) is 6. The quantitative estimate of drug-likeness (QED) is 0.174. The highest BCUT2D eigenvalue weighted by molar-refractivity contribution is 6.72. The van der Waals surface area contributed by atoms with Gasteiger partial charge < -0.3 is 18.9 Å². The first-order chi connectivity index (χ1) is 22.6. The van der Waals surface area contributed by atoms with Crippen LogP contribution >= 0.6 is 0 Å². The predicted molar refractivity (Wildman–Crippen MR) is 180 cm³/mol. The Hall–Kier alpha value is -4.19. The van der Waals surface area contributed by atoms with Crippen molar-refractivity contribution in [2.75, 3.05) is 23.0 Å². The standard InChI is InChI=1S/C36H40FN5O4Si/c1-24-34(47(2,3)37)32(18-20-40-22-30(38-39-40)28(23-43)25-11-6-4-7-12-25)46-36(24)29-21-27(41-19-10-15-33(41)44)16-17-31(29)42(35(36)45)26-13-8-5-9-14-26/h4-9,11-14,16-17,21-22,24,28,32,34,43H,10,15,18-20,23H2,1-3H3/t24-,28?,32+,34-,36+/m1/s1. The van der Waals surface area contributed by atoms with Crippen molar-refractivity contribution in [1.29, 1.82) is 0 Å². The Bertz CT molecular complexity index is 1780. The number of nitrogens with zero attached hydrogens (tertiary/aromatic N) is 5. The van der Waals surface area contributed by atoms with Gasteiger partial charge in [0, 0.05) is 54.1 Å². The Morgan fingerprint density at radius 2 is 1.77 bits per heavy atom. The van der Waals surface area contributed by atoms with Crippen LogP contribution in [0.15, 0.2) is 85.1 Å². The first-order valence-corrected chi connectivity index (χ1v) is 19.4. The third-order valence-electron chi connectivity index (χ3n) is 10.2. The van der Waals surface area contributed by atoms with Gasteiger partial charge in [-0.2, -0.15) is 0 Å². The third-order valence-corrected chi connectivity index (χ3v) is 12.6. The number of halogens is 1. The molecule has 3 aromatic carbocycles. The van der Waals surface area contributed by atoms with Gasteiger partial charge in [0.25, 0.3) is 5.91 Å². The molecule has 1 N–H and O–H groups in total. The van der Waals surface area contributed by atoms with Gasteiger partial charge in [-0.1, -0.05) is 60.7 Å². The minimum Gasteiger partial charge on any atom is -0.395 e. The maximum Gasteiger partial charge on any atom is 0.268 e. The Morgan fingerprint density at radius 3 is 2.43 bits per heavy atom. The van der Waals surface area contributed by atoms with Gasteiger partial charge in [-0.25, -0.2) is 0 Å². The van der Waals surface area contributed by atoms with Crippen LogP contribution < -0.4 is 9.80 Å². The van der Waals surface area contributed by atoms with E-state index >= 15 is 4.11 Å². The number of rotatable bonds is 9. The molecule has 4 aromatic rings. The molecule has 1 spiro atoms. The molecule has 2 fully saturated rings. The molecule has 3 aliphatic heterocycles. The van der Waals surface area contributed by atoms with E-state index in [9.17, 15) is 14.7 Å². The van der Waals surface area contributed by atoms with Crippen molar-refractivity contribution >= 4 is 37.3 Å². The first kappa shape index (κ1) is 31.4. The minimum absolute atomic E-state index is 0.0552. The summed E-state index contributed by atoms with van der Waals surface area (Å²) in [5.74, 6) is -0.959. The van der Waals surface area contributed by atoms with Crippen LogP contribution in [-0.4, -0.2) is 59.6 Å². The molecule has 5 atom stereocenters. The Labute approximate surface area is 275 Å². The summed E-state index contributed by atoms with van der Waals surface area (Å²) in [7, 11) is -3.39. The van der Waals surface area contributed by atoms with E-state index in [1.165, 1.54) is 0 Å². The number of aromatic nitrogens is 3. The second-order valence-corrected chi connectivity index (χ2v) is 17.2. The number of anilines is 3. The van der Waals surface area contributed by atoms with Gasteiger partial charge in [0.05, 0.1) is 30.0 Å². The molecule has 244 valence electrons. The number of aryl methyl sites for hydroxylation is 1. The topological polar surface area (TPSA) is 101 Å². The van der Waals surface area contributed by atoms with Crippen molar-refractivity contribution in [1.82, 2.24) is 15.0 Å². The maximum absolute atomic E-state index is 16.4. The number of carbonyl (C=O) groups excluding carboxylic acids is 2. The van der Waals surface area contributed by atoms with E-state index in [1.54, 1.807) is 27.6 Å². The largest absolute Gasteiger partial charge is 0.395 e. The van der Waals surface area contributed by atoms with E-state index in [-0.39, 0.29) is 24.3 Å². The van der Waals surface area contributed by atoms with Crippen LogP contribution in [0.25, 0.3) is 0 Å². The van der Waals surface area contributed by atoms with Crippen LogP contribution in [0, 0.1) is 5.92 Å². The van der Waals surface area contributed by atoms with Crippen LogP contribution in [-0.2, 0) is 26.5 Å². The Kier molecular flexibility index (Phi) is 8.10. The van der Waals surface area contributed by atoms with Gasteiger partial charge in [-0.15, -0.1) is 5.10 Å². The van der Waals surface area contributed by atoms with Crippen molar-refractivity contribution in [3.8, 4) is 0 Å². The number of aliphatic hydroxyl groups excluding tert-OH is 1. The first-order valence-electron chi connectivity index (χ1n) is 16.4. The highest BCUT2D eigenvalue weighted by Crippen LogP contribution is 2.61. The average Bonchev–Trinajstić information content (AvgIpc) is 3.83. The van der Waals surface area contributed by atoms with Crippen LogP contribution in [0.3, 0.4) is 0 Å². The lowest BCUT2D eigenvalue weighted by Crippen LogP contribution is -2.44. The third kappa shape index (κ3) is 5.30. The van der Waals surface area contributed by atoms with Gasteiger partial charge in [0.1, 0.15) is 0 Å². The normalized spacial score (nSPS) is 24.8. The lowest BCUT2D eigenvalue weighted by molar-refractivity contribution is -0.145. The van der Waals surface area contributed by atoms with Crippen molar-refractivity contribution in [2.24, 2.45) is 5.92 Å². The molecule has 11 heteroatoms. The molecule has 0 aliphatic carbocycles. The van der Waals surface area contributed by atoms with Crippen LogP contribution in [0.1, 0.15) is 48.9 Å². The number of carbonyl (C=O) groups is 2. The molecule has 4 heterocycles. The number of fused-ring (bicyclic) bond motifs is 2. The molecule has 7 rings (SSSR count). The smallest absolute Gasteiger partial charge is 0.268 e. The van der Waals surface area contributed by atoms with E-state index in [0.717, 1.165) is 17.7 Å². The van der Waals surface area contributed by atoms with Crippen LogP contribution in [0.5, 0.6) is 0 Å². The second-order valence-electron chi connectivity index (χ2n) is 13.4. The summed E-state index contributed by atoms with van der Waals surface area (Å²) in [6.07, 6.45) is 2.96. The van der Waals surface area contributed by atoms with Crippen molar-refractivity contribution in [2.45, 2.75) is 69.0 Å². The van der Waals surface area contributed by atoms with Crippen LogP contribution in [0.4, 0.5) is 21.2 Å². The molecule has 2 amide bonds. The fourth-order valence-corrected chi connectivity index (χ4v) is 10.6. The van der Waals surface area contributed by atoms with Crippen LogP contribution in [0.2, 0.25) is 18.6 Å². The molecular weight excluding hydrogens is 614 g/mol. The minimum atomic E-state index is -3.39. The number of amides is 2. The summed E-state index contributed by atoms with van der Waals surface area (Å²) in [6, 6.07) is 24.8. The molecule has 9 nitrogen and oxygen atoms in total. The lowest BCUT2D eigenvalue weighted by Gasteiger charge is -2.31. The number of aliphatic hydroxyl groups is 1. The molecule has 2 saturated heterocycles. The summed E-state index contributed by atoms with van der Waals surface area (Å²) in [6.45, 7) is 6.24. The maximum atomic E-state index is 16.4. The zero-order chi connectivity index (χ0) is 32.9. The SMILES string of the molecule is C[C@@H]1[C@@H]([Si](C)(C)F)[C@H](CCn2cc(C(CO)c3ccccc3)nn2)O[C@@]12C(=O)N(c1ccccc1)c1ccc(N3CCCC3=O)cc12. The zero-order valence-corrected chi connectivity index (χ0v) is 27.9. The lowest BCUT2D eigenvalue weighted by atomic mass is 9.82. The monoisotopic (exact) mass is 653 g/mol. The fourth-order valence-electron chi connectivity index (χ4n) is 8.05. The van der Waals surface area contributed by atoms with Gasteiger partial charge in [0.15, 0.2) is 5.60 Å². The number of benzene rings is 3. The molecule has 3 aliphatic rings. The number of para-hydroxylation sites is 1. The second kappa shape index (κ2) is 12.1. The van der Waals surface area contributed by atoms with Crippen molar-refractivity contribution < 1.29 is 23.5 Å². The van der Waals surface area contributed by atoms with Gasteiger partial charge >= 0.3 is 0 Å². The summed E-state index contributed by atoms with van der Waals surface area (Å²) >= 11 is 0. The summed E-state index contributed by atoms with van der Waals surface area (Å²) in [5, 5.41) is 18.8.